The molecular formula is C25H25N3O6. The number of carboxylic acids is 1. The molecular weight excluding hydrogens is 438 g/mol. The predicted molar refractivity (Wildman–Crippen MR) is 126 cm³/mol. The maximum absolute atomic E-state index is 11.9. The van der Waals surface area contributed by atoms with Crippen LogP contribution in [0.1, 0.15) is 24.2 Å². The van der Waals surface area contributed by atoms with Crippen LogP contribution in [0.2, 0.25) is 0 Å². The second-order valence-corrected chi connectivity index (χ2v) is 7.88. The number of rotatable bonds is 8. The van der Waals surface area contributed by atoms with Gasteiger partial charge in [-0.1, -0.05) is 24.3 Å². The molecule has 0 bridgehead atoms. The van der Waals surface area contributed by atoms with Crippen molar-refractivity contribution in [3.63, 3.8) is 0 Å². The number of aryl methyl sites for hydroxylation is 1. The number of carboxylic acid groups (broad SMARTS) is 1. The van der Waals surface area contributed by atoms with Crippen molar-refractivity contribution in [3.8, 4) is 17.2 Å². The van der Waals surface area contributed by atoms with E-state index >= 15 is 0 Å². The molecule has 34 heavy (non-hydrogen) atoms. The normalized spacial score (nSPS) is 17.6. The Kier molecular flexibility index (Phi) is 6.62. The van der Waals surface area contributed by atoms with Crippen LogP contribution < -0.4 is 19.5 Å². The minimum Gasteiger partial charge on any atom is -0.493 e. The van der Waals surface area contributed by atoms with Crippen LogP contribution in [-0.4, -0.2) is 48.1 Å². The zero-order chi connectivity index (χ0) is 24.2. The molecule has 0 spiro atoms. The van der Waals surface area contributed by atoms with Gasteiger partial charge in [-0.3, -0.25) is 4.79 Å². The molecule has 2 N–H and O–H groups in total. The minimum absolute atomic E-state index is 0.246. The number of amides is 2. The number of nitrogens with one attached hydrogen (secondary N) is 1. The molecule has 2 amide bonds. The molecule has 4 rings (SSSR count). The highest BCUT2D eigenvalue weighted by Crippen LogP contribution is 2.34. The molecule has 1 aliphatic rings. The number of aliphatic carboxylic acids is 1. The molecule has 176 valence electrons. The number of hydrogen-bond acceptors (Lipinski definition) is 6. The number of nitrogens with zero attached hydrogens (tertiary/aromatic N) is 2. The van der Waals surface area contributed by atoms with Gasteiger partial charge in [-0.25, -0.2) is 14.8 Å². The van der Waals surface area contributed by atoms with Gasteiger partial charge in [-0.15, -0.1) is 0 Å². The summed E-state index contributed by atoms with van der Waals surface area (Å²) < 4.78 is 17.2. The lowest BCUT2D eigenvalue weighted by atomic mass is 9.88. The second-order valence-electron chi connectivity index (χ2n) is 7.88. The van der Waals surface area contributed by atoms with Crippen molar-refractivity contribution >= 4 is 28.6 Å². The summed E-state index contributed by atoms with van der Waals surface area (Å²) in [6, 6.07) is 13.4. The summed E-state index contributed by atoms with van der Waals surface area (Å²) in [5.41, 5.74) is 2.53. The highest BCUT2D eigenvalue weighted by atomic mass is 16.5. The van der Waals surface area contributed by atoms with Gasteiger partial charge in [0.2, 0.25) is 0 Å². The molecule has 2 aromatic carbocycles. The van der Waals surface area contributed by atoms with Crippen molar-refractivity contribution < 1.29 is 28.9 Å². The zero-order valence-electron chi connectivity index (χ0n) is 19.1. The Labute approximate surface area is 196 Å². The number of carbonyl (C=O) groups is 2. The van der Waals surface area contributed by atoms with Crippen LogP contribution in [0.3, 0.4) is 0 Å². The Hall–Kier alpha value is -4.14. The first-order valence-electron chi connectivity index (χ1n) is 10.8. The number of carbonyl (C=O) groups excluding carboxylic acids is 1. The molecule has 2 atom stereocenters. The highest BCUT2D eigenvalue weighted by molar-refractivity contribution is 6.07. The van der Waals surface area contributed by atoms with E-state index in [4.69, 9.17) is 14.2 Å². The van der Waals surface area contributed by atoms with E-state index in [-0.39, 0.29) is 18.9 Å². The molecule has 1 aliphatic heterocycles. The van der Waals surface area contributed by atoms with Gasteiger partial charge in [-0.2, -0.15) is 0 Å². The van der Waals surface area contributed by atoms with Crippen molar-refractivity contribution in [1.82, 2.24) is 10.3 Å². The molecule has 1 aromatic heterocycles. The fourth-order valence-corrected chi connectivity index (χ4v) is 3.95. The number of pyridine rings is 1. The summed E-state index contributed by atoms with van der Waals surface area (Å²) in [5.74, 6) is -0.474. The molecule has 0 radical (unpaired) electrons. The summed E-state index contributed by atoms with van der Waals surface area (Å²) in [4.78, 5) is 31.9. The third-order valence-electron chi connectivity index (χ3n) is 5.57. The number of aromatic nitrogens is 1. The smallest absolute Gasteiger partial charge is 0.341 e. The van der Waals surface area contributed by atoms with E-state index in [1.54, 1.807) is 18.2 Å². The Bertz CT molecular complexity index is 1270. The van der Waals surface area contributed by atoms with Crippen molar-refractivity contribution in [3.05, 3.63) is 59.8 Å². The van der Waals surface area contributed by atoms with Crippen LogP contribution in [-0.2, 0) is 4.79 Å². The fraction of sp³-hybridized carbons (Fsp3) is 0.280. The third-order valence-corrected chi connectivity index (χ3v) is 5.57. The topological polar surface area (TPSA) is 119 Å². The molecule has 2 unspecified atom stereocenters. The molecule has 2 heterocycles. The monoisotopic (exact) mass is 463 g/mol. The number of aliphatic imine (C=N–C) groups is 1. The van der Waals surface area contributed by atoms with Gasteiger partial charge in [0.15, 0.2) is 11.5 Å². The van der Waals surface area contributed by atoms with Crippen LogP contribution in [0.4, 0.5) is 4.79 Å². The predicted octanol–water partition coefficient (Wildman–Crippen LogP) is 3.94. The molecule has 9 heteroatoms. The van der Waals surface area contributed by atoms with Crippen molar-refractivity contribution in [1.29, 1.82) is 0 Å². The standard InChI is InChI=1S/C25H25N3O6/c1-14-7-8-16-5-4-6-19(22(16)26-14)34-12-11-33-18-10-9-17(13-20(18)32-3)23-21(24(29)30)15(2)27-25(31)28-23/h4-10,13,21,23H,11-12H2,1-3H3,(H,28,31)(H,29,30). The fourth-order valence-electron chi connectivity index (χ4n) is 3.95. The van der Waals surface area contributed by atoms with Gasteiger partial charge in [0.25, 0.3) is 0 Å². The molecule has 3 aromatic rings. The van der Waals surface area contributed by atoms with Crippen molar-refractivity contribution in [2.75, 3.05) is 20.3 Å². The number of urea groups is 1. The summed E-state index contributed by atoms with van der Waals surface area (Å²) >= 11 is 0. The van der Waals surface area contributed by atoms with Crippen LogP contribution in [0, 0.1) is 12.8 Å². The minimum atomic E-state index is -1.07. The SMILES string of the molecule is COc1cc(C2NC(=O)N=C(C)C2C(=O)O)ccc1OCCOc1cccc2ccc(C)nc12. The largest absolute Gasteiger partial charge is 0.493 e. The number of para-hydroxylation sites is 1. The molecule has 0 fully saturated rings. The number of hydrogen-bond donors (Lipinski definition) is 2. The van der Waals surface area contributed by atoms with Gasteiger partial charge >= 0.3 is 12.0 Å². The Morgan fingerprint density at radius 3 is 2.53 bits per heavy atom. The number of fused-ring (bicyclic) bond motifs is 1. The third kappa shape index (κ3) is 4.78. The summed E-state index contributed by atoms with van der Waals surface area (Å²) in [6.07, 6.45) is 0. The second kappa shape index (κ2) is 9.78. The maximum Gasteiger partial charge on any atom is 0.341 e. The first-order chi connectivity index (χ1) is 16.4. The van der Waals surface area contributed by atoms with E-state index < -0.39 is 24.0 Å². The van der Waals surface area contributed by atoms with Gasteiger partial charge in [0, 0.05) is 16.8 Å². The van der Waals surface area contributed by atoms with E-state index in [9.17, 15) is 14.7 Å². The number of methoxy groups -OCH3 is 1. The highest BCUT2D eigenvalue weighted by Gasteiger charge is 2.37. The Morgan fingerprint density at radius 1 is 1.03 bits per heavy atom. The molecule has 9 nitrogen and oxygen atoms in total. The van der Waals surface area contributed by atoms with Crippen molar-refractivity contribution in [2.45, 2.75) is 19.9 Å². The van der Waals surface area contributed by atoms with E-state index in [1.807, 2.05) is 37.3 Å². The van der Waals surface area contributed by atoms with Gasteiger partial charge in [-0.05, 0) is 43.7 Å². The van der Waals surface area contributed by atoms with E-state index in [1.165, 1.54) is 14.0 Å². The lowest BCUT2D eigenvalue weighted by molar-refractivity contribution is -0.140. The molecule has 0 saturated carbocycles. The summed E-state index contributed by atoms with van der Waals surface area (Å²) in [5, 5.41) is 13.2. The van der Waals surface area contributed by atoms with Crippen molar-refractivity contribution in [2.24, 2.45) is 10.9 Å². The first-order valence-corrected chi connectivity index (χ1v) is 10.8. The number of ether oxygens (including phenoxy) is 3. The summed E-state index contributed by atoms with van der Waals surface area (Å²) in [6.45, 7) is 4.00. The lowest BCUT2D eigenvalue weighted by Gasteiger charge is -2.28. The number of benzene rings is 2. The van der Waals surface area contributed by atoms with Crippen LogP contribution in [0.15, 0.2) is 53.5 Å². The Morgan fingerprint density at radius 2 is 1.79 bits per heavy atom. The van der Waals surface area contributed by atoms with Gasteiger partial charge < -0.3 is 24.6 Å². The van der Waals surface area contributed by atoms with Crippen LogP contribution >= 0.6 is 0 Å². The quantitative estimate of drug-likeness (QED) is 0.486. The van der Waals surface area contributed by atoms with Gasteiger partial charge in [0.05, 0.1) is 13.2 Å². The summed E-state index contributed by atoms with van der Waals surface area (Å²) in [7, 11) is 1.49. The van der Waals surface area contributed by atoms with Gasteiger partial charge in [0.1, 0.15) is 30.4 Å². The average Bonchev–Trinajstić information content (AvgIpc) is 2.81. The van der Waals surface area contributed by atoms with E-state index in [2.05, 4.69) is 15.3 Å². The lowest BCUT2D eigenvalue weighted by Crippen LogP contribution is -2.43. The maximum atomic E-state index is 11.9. The molecule has 0 saturated heterocycles. The van der Waals surface area contributed by atoms with Crippen LogP contribution in [0.25, 0.3) is 10.9 Å². The van der Waals surface area contributed by atoms with Crippen LogP contribution in [0.5, 0.6) is 17.2 Å². The van der Waals surface area contributed by atoms with E-state index in [0.717, 1.165) is 16.6 Å². The zero-order valence-corrected chi connectivity index (χ0v) is 19.1. The van der Waals surface area contributed by atoms with E-state index in [0.29, 0.717) is 22.8 Å². The molecule has 0 aliphatic carbocycles. The first kappa shape index (κ1) is 23.0. The average molecular weight is 463 g/mol. The Balaban J connectivity index is 1.45.